The van der Waals surface area contributed by atoms with Crippen molar-refractivity contribution in [2.45, 2.75) is 6.54 Å². The maximum absolute atomic E-state index is 12.1. The van der Waals surface area contributed by atoms with Crippen molar-refractivity contribution in [1.82, 2.24) is 5.32 Å². The molecule has 0 atom stereocenters. The molecule has 2 amide bonds. The van der Waals surface area contributed by atoms with Gasteiger partial charge in [-0.3, -0.25) is 0 Å². The first-order valence-electron chi connectivity index (χ1n) is 7.37. The van der Waals surface area contributed by atoms with Gasteiger partial charge in [-0.25, -0.2) is 4.79 Å². The molecule has 0 spiro atoms. The lowest BCUT2D eigenvalue weighted by Gasteiger charge is -2.15. The zero-order valence-corrected chi connectivity index (χ0v) is 16.6. The first-order chi connectivity index (χ1) is 12.4. The average molecular weight is 420 g/mol. The minimum atomic E-state index is -0.459. The van der Waals surface area contributed by atoms with Gasteiger partial charge in [-0.05, 0) is 29.8 Å². The number of urea groups is 1. The first kappa shape index (κ1) is 20.3. The van der Waals surface area contributed by atoms with Gasteiger partial charge in [0.15, 0.2) is 11.5 Å². The third kappa shape index (κ3) is 4.78. The normalized spacial score (nSPS) is 10.2. The Morgan fingerprint density at radius 3 is 2.00 bits per heavy atom. The lowest BCUT2D eigenvalue weighted by atomic mass is 10.2. The molecule has 0 fully saturated rings. The fourth-order valence-corrected chi connectivity index (χ4v) is 2.80. The van der Waals surface area contributed by atoms with Crippen LogP contribution in [0.25, 0.3) is 0 Å². The number of methoxy groups -OCH3 is 3. The molecule has 0 heterocycles. The summed E-state index contributed by atoms with van der Waals surface area (Å²) in [6, 6.07) is 5.96. The molecule has 2 aromatic rings. The van der Waals surface area contributed by atoms with Crippen molar-refractivity contribution >= 4 is 46.5 Å². The summed E-state index contributed by atoms with van der Waals surface area (Å²) in [5, 5.41) is 6.20. The van der Waals surface area contributed by atoms with Gasteiger partial charge in [0, 0.05) is 6.54 Å². The maximum atomic E-state index is 12.1. The fourth-order valence-electron chi connectivity index (χ4n) is 2.20. The molecule has 26 heavy (non-hydrogen) atoms. The van der Waals surface area contributed by atoms with Crippen molar-refractivity contribution in [2.24, 2.45) is 0 Å². The number of carbonyl (C=O) groups excluding carboxylic acids is 1. The van der Waals surface area contributed by atoms with Gasteiger partial charge < -0.3 is 24.8 Å². The van der Waals surface area contributed by atoms with E-state index in [0.29, 0.717) is 28.0 Å². The molecule has 6 nitrogen and oxygen atoms in total. The van der Waals surface area contributed by atoms with Crippen LogP contribution in [0.2, 0.25) is 15.1 Å². The lowest BCUT2D eigenvalue weighted by Crippen LogP contribution is -2.28. The van der Waals surface area contributed by atoms with Gasteiger partial charge in [0.25, 0.3) is 0 Å². The molecule has 0 aromatic heterocycles. The Hall–Kier alpha value is -2.02. The molecule has 9 heteroatoms. The molecule has 2 rings (SSSR count). The maximum Gasteiger partial charge on any atom is 0.319 e. The highest BCUT2D eigenvalue weighted by atomic mass is 35.5. The van der Waals surface area contributed by atoms with E-state index in [1.165, 1.54) is 33.5 Å². The summed E-state index contributed by atoms with van der Waals surface area (Å²) in [6.45, 7) is 0.224. The van der Waals surface area contributed by atoms with E-state index in [-0.39, 0.29) is 16.6 Å². The van der Waals surface area contributed by atoms with E-state index in [4.69, 9.17) is 49.0 Å². The second-order valence-electron chi connectivity index (χ2n) is 5.09. The van der Waals surface area contributed by atoms with Gasteiger partial charge in [-0.2, -0.15) is 0 Å². The van der Waals surface area contributed by atoms with Gasteiger partial charge >= 0.3 is 6.03 Å². The summed E-state index contributed by atoms with van der Waals surface area (Å²) in [4.78, 5) is 12.1. The van der Waals surface area contributed by atoms with Crippen LogP contribution >= 0.6 is 34.8 Å². The predicted molar refractivity (Wildman–Crippen MR) is 103 cm³/mol. The minimum Gasteiger partial charge on any atom is -0.493 e. The van der Waals surface area contributed by atoms with Crippen LogP contribution in [0.15, 0.2) is 24.3 Å². The molecule has 0 bridgehead atoms. The monoisotopic (exact) mass is 418 g/mol. The smallest absolute Gasteiger partial charge is 0.319 e. The zero-order chi connectivity index (χ0) is 19.3. The third-order valence-corrected chi connectivity index (χ3v) is 4.47. The van der Waals surface area contributed by atoms with Gasteiger partial charge in [0.2, 0.25) is 5.75 Å². The summed E-state index contributed by atoms with van der Waals surface area (Å²) >= 11 is 17.8. The van der Waals surface area contributed by atoms with Crippen molar-refractivity contribution in [1.29, 1.82) is 0 Å². The van der Waals surface area contributed by atoms with Crippen LogP contribution in [0.5, 0.6) is 17.2 Å². The average Bonchev–Trinajstić information content (AvgIpc) is 2.63. The number of nitrogens with one attached hydrogen (secondary N) is 2. The van der Waals surface area contributed by atoms with Crippen molar-refractivity contribution in [3.63, 3.8) is 0 Å². The highest BCUT2D eigenvalue weighted by molar-refractivity contribution is 6.44. The Morgan fingerprint density at radius 2 is 1.46 bits per heavy atom. The van der Waals surface area contributed by atoms with E-state index in [0.717, 1.165) is 5.56 Å². The van der Waals surface area contributed by atoms with Crippen LogP contribution in [0, 0.1) is 0 Å². The van der Waals surface area contributed by atoms with Gasteiger partial charge in [0.05, 0.1) is 42.1 Å². The standard InChI is InChI=1S/C17H17Cl3N2O4/c1-24-14-4-9(5-15(25-2)16(14)26-3)8-21-17(23)22-13-7-11(19)10(18)6-12(13)20/h4-7H,8H2,1-3H3,(H2,21,22,23). The van der Waals surface area contributed by atoms with Crippen molar-refractivity contribution in [3.05, 3.63) is 44.9 Å². The summed E-state index contributed by atoms with van der Waals surface area (Å²) < 4.78 is 15.8. The summed E-state index contributed by atoms with van der Waals surface area (Å²) in [5.41, 5.74) is 1.11. The highest BCUT2D eigenvalue weighted by Gasteiger charge is 2.14. The number of halogens is 3. The number of ether oxygens (including phenoxy) is 3. The molecule has 2 aromatic carbocycles. The molecule has 0 unspecified atom stereocenters. The molecule has 0 saturated carbocycles. The van der Waals surface area contributed by atoms with Gasteiger partial charge in [0.1, 0.15) is 0 Å². The van der Waals surface area contributed by atoms with E-state index in [2.05, 4.69) is 10.6 Å². The molecular weight excluding hydrogens is 403 g/mol. The van der Waals surface area contributed by atoms with E-state index in [1.54, 1.807) is 12.1 Å². The van der Waals surface area contributed by atoms with Crippen molar-refractivity contribution in [2.75, 3.05) is 26.6 Å². The van der Waals surface area contributed by atoms with Crippen molar-refractivity contribution < 1.29 is 19.0 Å². The van der Waals surface area contributed by atoms with Crippen LogP contribution < -0.4 is 24.8 Å². The molecule has 140 valence electrons. The number of hydrogen-bond acceptors (Lipinski definition) is 4. The Morgan fingerprint density at radius 1 is 0.885 bits per heavy atom. The number of amides is 2. The third-order valence-electron chi connectivity index (χ3n) is 3.44. The second-order valence-corrected chi connectivity index (χ2v) is 6.31. The van der Waals surface area contributed by atoms with E-state index >= 15 is 0 Å². The van der Waals surface area contributed by atoms with Gasteiger partial charge in [-0.15, -0.1) is 0 Å². The van der Waals surface area contributed by atoms with E-state index in [9.17, 15) is 4.79 Å². The van der Waals surface area contributed by atoms with Crippen LogP contribution in [0.3, 0.4) is 0 Å². The molecule has 2 N–H and O–H groups in total. The number of hydrogen-bond donors (Lipinski definition) is 2. The Balaban J connectivity index is 2.09. The summed E-state index contributed by atoms with van der Waals surface area (Å²) in [5.74, 6) is 1.47. The highest BCUT2D eigenvalue weighted by Crippen LogP contribution is 2.38. The fraction of sp³-hybridized carbons (Fsp3) is 0.235. The number of anilines is 1. The number of carbonyl (C=O) groups is 1. The van der Waals surface area contributed by atoms with E-state index in [1.807, 2.05) is 0 Å². The molecule has 0 radical (unpaired) electrons. The summed E-state index contributed by atoms with van der Waals surface area (Å²) in [7, 11) is 4.56. The molecule has 0 aliphatic heterocycles. The quantitative estimate of drug-likeness (QED) is 0.647. The van der Waals surface area contributed by atoms with Crippen LogP contribution in [0.4, 0.5) is 10.5 Å². The van der Waals surface area contributed by atoms with Crippen LogP contribution in [-0.2, 0) is 6.54 Å². The molecular formula is C17H17Cl3N2O4. The number of benzene rings is 2. The largest absolute Gasteiger partial charge is 0.493 e. The van der Waals surface area contributed by atoms with Crippen LogP contribution in [0.1, 0.15) is 5.56 Å². The topological polar surface area (TPSA) is 68.8 Å². The number of rotatable bonds is 6. The Kier molecular flexibility index (Phi) is 7.08. The summed E-state index contributed by atoms with van der Waals surface area (Å²) in [6.07, 6.45) is 0. The Bertz CT molecular complexity index is 790. The minimum absolute atomic E-state index is 0.224. The Labute approximate surface area is 166 Å². The van der Waals surface area contributed by atoms with Gasteiger partial charge in [-0.1, -0.05) is 34.8 Å². The molecule has 0 aliphatic rings. The SMILES string of the molecule is COc1cc(CNC(=O)Nc2cc(Cl)c(Cl)cc2Cl)cc(OC)c1OC. The zero-order valence-electron chi connectivity index (χ0n) is 14.3. The first-order valence-corrected chi connectivity index (χ1v) is 8.51. The van der Waals surface area contributed by atoms with Crippen molar-refractivity contribution in [3.8, 4) is 17.2 Å². The van der Waals surface area contributed by atoms with E-state index < -0.39 is 6.03 Å². The van der Waals surface area contributed by atoms with Crippen LogP contribution in [-0.4, -0.2) is 27.4 Å². The second kappa shape index (κ2) is 9.07. The lowest BCUT2D eigenvalue weighted by molar-refractivity contribution is 0.251. The predicted octanol–water partition coefficient (Wildman–Crippen LogP) is 4.99. The molecule has 0 aliphatic carbocycles. The molecule has 0 saturated heterocycles.